The summed E-state index contributed by atoms with van der Waals surface area (Å²) in [5, 5.41) is 0. The molecule has 4 rings (SSSR count). The van der Waals surface area contributed by atoms with E-state index in [0.29, 0.717) is 0 Å². The van der Waals surface area contributed by atoms with Crippen LogP contribution in [0.1, 0.15) is 16.9 Å². The molecule has 0 aliphatic carbocycles. The van der Waals surface area contributed by atoms with Crippen LogP contribution in [0, 0.1) is 0 Å². The molecule has 0 amide bonds. The molecular weight excluding hydrogens is 272 g/mol. The fourth-order valence-corrected chi connectivity index (χ4v) is 2.77. The standard InChI is InChI=1S/C19H16N2O/c1-2-5-16-14-21(13-15(16)4-1)18-9-7-17(8-10-18)20-12-19-6-3-11-22-19/h1-12H,13-14H2. The highest BCUT2D eigenvalue weighted by Crippen LogP contribution is 2.29. The summed E-state index contributed by atoms with van der Waals surface area (Å²) in [5.41, 5.74) is 5.00. The molecular formula is C19H16N2O. The Labute approximate surface area is 129 Å². The van der Waals surface area contributed by atoms with Gasteiger partial charge in [-0.15, -0.1) is 0 Å². The van der Waals surface area contributed by atoms with Crippen molar-refractivity contribution < 1.29 is 4.42 Å². The van der Waals surface area contributed by atoms with E-state index in [1.807, 2.05) is 24.3 Å². The average molecular weight is 288 g/mol. The summed E-state index contributed by atoms with van der Waals surface area (Å²) in [5.74, 6) is 0.763. The zero-order chi connectivity index (χ0) is 14.8. The van der Waals surface area contributed by atoms with E-state index in [1.54, 1.807) is 12.5 Å². The molecule has 2 heterocycles. The second-order valence-corrected chi connectivity index (χ2v) is 5.41. The summed E-state index contributed by atoms with van der Waals surface area (Å²) < 4.78 is 5.24. The second kappa shape index (κ2) is 5.53. The molecule has 0 bridgehead atoms. The van der Waals surface area contributed by atoms with Crippen LogP contribution < -0.4 is 4.90 Å². The van der Waals surface area contributed by atoms with Crippen LogP contribution in [0.2, 0.25) is 0 Å². The van der Waals surface area contributed by atoms with E-state index in [1.165, 1.54) is 16.8 Å². The molecule has 0 saturated heterocycles. The molecule has 108 valence electrons. The molecule has 0 radical (unpaired) electrons. The summed E-state index contributed by atoms with van der Waals surface area (Å²) in [4.78, 5) is 6.80. The predicted octanol–water partition coefficient (Wildman–Crippen LogP) is 4.55. The lowest BCUT2D eigenvalue weighted by molar-refractivity contribution is 0.560. The number of furan rings is 1. The maximum absolute atomic E-state index is 5.24. The minimum absolute atomic E-state index is 0.763. The van der Waals surface area contributed by atoms with Crippen molar-refractivity contribution >= 4 is 17.6 Å². The molecule has 3 aromatic rings. The van der Waals surface area contributed by atoms with Gasteiger partial charge in [0.2, 0.25) is 0 Å². The zero-order valence-electron chi connectivity index (χ0n) is 12.1. The number of rotatable bonds is 3. The maximum Gasteiger partial charge on any atom is 0.144 e. The Hall–Kier alpha value is -2.81. The molecule has 0 atom stereocenters. The topological polar surface area (TPSA) is 28.7 Å². The van der Waals surface area contributed by atoms with E-state index in [2.05, 4.69) is 46.3 Å². The Morgan fingerprint density at radius 2 is 1.59 bits per heavy atom. The highest BCUT2D eigenvalue weighted by molar-refractivity contribution is 5.78. The number of anilines is 1. The van der Waals surface area contributed by atoms with Crippen molar-refractivity contribution in [2.24, 2.45) is 4.99 Å². The van der Waals surface area contributed by atoms with Crippen LogP contribution in [0.25, 0.3) is 0 Å². The predicted molar refractivity (Wildman–Crippen MR) is 88.7 cm³/mol. The van der Waals surface area contributed by atoms with Gasteiger partial charge in [-0.2, -0.15) is 0 Å². The minimum Gasteiger partial charge on any atom is -0.463 e. The number of fused-ring (bicyclic) bond motifs is 1. The van der Waals surface area contributed by atoms with E-state index < -0.39 is 0 Å². The van der Waals surface area contributed by atoms with E-state index in [0.717, 1.165) is 24.5 Å². The largest absolute Gasteiger partial charge is 0.463 e. The Morgan fingerprint density at radius 3 is 2.23 bits per heavy atom. The lowest BCUT2D eigenvalue weighted by Crippen LogP contribution is -2.13. The van der Waals surface area contributed by atoms with E-state index in [4.69, 9.17) is 4.42 Å². The van der Waals surface area contributed by atoms with Gasteiger partial charge in [0.05, 0.1) is 18.2 Å². The Bertz CT molecular complexity index is 764. The average Bonchev–Trinajstić information content (AvgIpc) is 3.22. The van der Waals surface area contributed by atoms with Crippen molar-refractivity contribution in [3.05, 3.63) is 83.8 Å². The van der Waals surface area contributed by atoms with Crippen LogP contribution in [-0.4, -0.2) is 6.21 Å². The number of aliphatic imine (C=N–C) groups is 1. The van der Waals surface area contributed by atoms with Crippen LogP contribution in [-0.2, 0) is 13.1 Å². The van der Waals surface area contributed by atoms with Crippen molar-refractivity contribution in [1.82, 2.24) is 0 Å². The van der Waals surface area contributed by atoms with Crippen LogP contribution >= 0.6 is 0 Å². The molecule has 1 aromatic heterocycles. The van der Waals surface area contributed by atoms with Crippen molar-refractivity contribution in [1.29, 1.82) is 0 Å². The van der Waals surface area contributed by atoms with E-state index >= 15 is 0 Å². The summed E-state index contributed by atoms with van der Waals surface area (Å²) in [7, 11) is 0. The molecule has 3 nitrogen and oxygen atoms in total. The Morgan fingerprint density at radius 1 is 0.864 bits per heavy atom. The van der Waals surface area contributed by atoms with Crippen molar-refractivity contribution in [3.8, 4) is 0 Å². The molecule has 1 aliphatic heterocycles. The van der Waals surface area contributed by atoms with Gasteiger partial charge >= 0.3 is 0 Å². The third kappa shape index (κ3) is 2.53. The summed E-state index contributed by atoms with van der Waals surface area (Å²) in [6.45, 7) is 1.95. The first-order valence-corrected chi connectivity index (χ1v) is 7.38. The summed E-state index contributed by atoms with van der Waals surface area (Å²) in [6, 6.07) is 20.7. The molecule has 0 spiro atoms. The summed E-state index contributed by atoms with van der Waals surface area (Å²) in [6.07, 6.45) is 3.39. The fourth-order valence-electron chi connectivity index (χ4n) is 2.77. The Kier molecular flexibility index (Phi) is 3.24. The second-order valence-electron chi connectivity index (χ2n) is 5.41. The van der Waals surface area contributed by atoms with E-state index in [9.17, 15) is 0 Å². The number of benzene rings is 2. The third-order valence-corrected chi connectivity index (χ3v) is 3.94. The van der Waals surface area contributed by atoms with Crippen molar-refractivity contribution in [2.75, 3.05) is 4.90 Å². The number of nitrogens with zero attached hydrogens (tertiary/aromatic N) is 2. The fraction of sp³-hybridized carbons (Fsp3) is 0.105. The van der Waals surface area contributed by atoms with Gasteiger partial charge < -0.3 is 9.32 Å². The van der Waals surface area contributed by atoms with Gasteiger partial charge in [0.1, 0.15) is 5.76 Å². The SMILES string of the molecule is C(=Nc1ccc(N2Cc3ccccc3C2)cc1)c1ccco1. The summed E-state index contributed by atoms with van der Waals surface area (Å²) >= 11 is 0. The molecule has 3 heteroatoms. The van der Waals surface area contributed by atoms with Crippen LogP contribution in [0.15, 0.2) is 76.3 Å². The van der Waals surface area contributed by atoms with Gasteiger partial charge in [-0.1, -0.05) is 24.3 Å². The van der Waals surface area contributed by atoms with Gasteiger partial charge in [-0.3, -0.25) is 4.99 Å². The maximum atomic E-state index is 5.24. The van der Waals surface area contributed by atoms with Gasteiger partial charge in [-0.25, -0.2) is 0 Å². The minimum atomic E-state index is 0.763. The lowest BCUT2D eigenvalue weighted by atomic mass is 10.1. The van der Waals surface area contributed by atoms with Gasteiger partial charge in [0, 0.05) is 18.8 Å². The number of hydrogen-bond donors (Lipinski definition) is 0. The van der Waals surface area contributed by atoms with Crippen LogP contribution in [0.3, 0.4) is 0 Å². The van der Waals surface area contributed by atoms with Crippen molar-refractivity contribution in [2.45, 2.75) is 13.1 Å². The third-order valence-electron chi connectivity index (χ3n) is 3.94. The quantitative estimate of drug-likeness (QED) is 0.661. The molecule has 1 aliphatic rings. The van der Waals surface area contributed by atoms with Gasteiger partial charge in [0.25, 0.3) is 0 Å². The van der Waals surface area contributed by atoms with Gasteiger partial charge in [0.15, 0.2) is 0 Å². The molecule has 0 unspecified atom stereocenters. The molecule has 2 aromatic carbocycles. The first kappa shape index (κ1) is 12.9. The lowest BCUT2D eigenvalue weighted by Gasteiger charge is -2.17. The van der Waals surface area contributed by atoms with Gasteiger partial charge in [-0.05, 0) is 47.5 Å². The first-order chi connectivity index (χ1) is 10.9. The normalized spacial score (nSPS) is 13.7. The van der Waals surface area contributed by atoms with Crippen LogP contribution in [0.5, 0.6) is 0 Å². The molecule has 0 N–H and O–H groups in total. The van der Waals surface area contributed by atoms with Crippen molar-refractivity contribution in [3.63, 3.8) is 0 Å². The zero-order valence-corrected chi connectivity index (χ0v) is 12.1. The van der Waals surface area contributed by atoms with E-state index in [-0.39, 0.29) is 0 Å². The highest BCUT2D eigenvalue weighted by atomic mass is 16.3. The highest BCUT2D eigenvalue weighted by Gasteiger charge is 2.18. The smallest absolute Gasteiger partial charge is 0.144 e. The Balaban J connectivity index is 1.49. The number of hydrogen-bond acceptors (Lipinski definition) is 3. The monoisotopic (exact) mass is 288 g/mol. The molecule has 0 fully saturated rings. The first-order valence-electron chi connectivity index (χ1n) is 7.38. The van der Waals surface area contributed by atoms with Crippen LogP contribution in [0.4, 0.5) is 11.4 Å². The molecule has 0 saturated carbocycles. The molecule has 22 heavy (non-hydrogen) atoms.